The van der Waals surface area contributed by atoms with Crippen LogP contribution in [-0.4, -0.2) is 43.2 Å². The minimum atomic E-state index is -0.892. The van der Waals surface area contributed by atoms with Gasteiger partial charge in [0.2, 0.25) is 0 Å². The number of hydrogen-bond acceptors (Lipinski definition) is 4. The fourth-order valence-corrected chi connectivity index (χ4v) is 1.18. The molecule has 5 heteroatoms. The SMILES string of the molecule is CO[C@@H]1CN[C@H](C(=O)O)[C@@H](C)O1. The third-order valence-electron chi connectivity index (χ3n) is 1.87. The van der Waals surface area contributed by atoms with Crippen LogP contribution in [0.4, 0.5) is 0 Å². The number of ether oxygens (including phenoxy) is 2. The number of methoxy groups -OCH3 is 1. The molecule has 0 amide bonds. The third kappa shape index (κ3) is 1.94. The fourth-order valence-electron chi connectivity index (χ4n) is 1.18. The van der Waals surface area contributed by atoms with E-state index in [4.69, 9.17) is 14.6 Å². The maximum atomic E-state index is 10.6. The van der Waals surface area contributed by atoms with Gasteiger partial charge in [-0.15, -0.1) is 0 Å². The van der Waals surface area contributed by atoms with Crippen LogP contribution in [0.15, 0.2) is 0 Å². The van der Waals surface area contributed by atoms with Crippen LogP contribution < -0.4 is 5.32 Å². The number of carboxylic acids is 1. The molecule has 1 aliphatic rings. The number of carbonyl (C=O) groups is 1. The van der Waals surface area contributed by atoms with Crippen molar-refractivity contribution in [3.63, 3.8) is 0 Å². The van der Waals surface area contributed by atoms with E-state index in [9.17, 15) is 4.79 Å². The first-order valence-electron chi connectivity index (χ1n) is 3.79. The first-order chi connectivity index (χ1) is 5.65. The van der Waals surface area contributed by atoms with E-state index in [0.717, 1.165) is 0 Å². The summed E-state index contributed by atoms with van der Waals surface area (Å²) in [5.74, 6) is -0.892. The molecule has 5 nitrogen and oxygen atoms in total. The first-order valence-corrected chi connectivity index (χ1v) is 3.79. The Morgan fingerprint density at radius 3 is 2.83 bits per heavy atom. The molecule has 2 N–H and O–H groups in total. The van der Waals surface area contributed by atoms with Crippen molar-refractivity contribution >= 4 is 5.97 Å². The fraction of sp³-hybridized carbons (Fsp3) is 0.857. The second-order valence-electron chi connectivity index (χ2n) is 2.73. The predicted octanol–water partition coefficient (Wildman–Crippen LogP) is -0.580. The van der Waals surface area contributed by atoms with Gasteiger partial charge in [0.05, 0.1) is 6.10 Å². The van der Waals surface area contributed by atoms with E-state index in [1.165, 1.54) is 7.11 Å². The van der Waals surface area contributed by atoms with Gasteiger partial charge in [-0.25, -0.2) is 0 Å². The molecule has 1 heterocycles. The van der Waals surface area contributed by atoms with E-state index in [0.29, 0.717) is 6.54 Å². The van der Waals surface area contributed by atoms with E-state index in [1.807, 2.05) is 0 Å². The van der Waals surface area contributed by atoms with Crippen molar-refractivity contribution in [1.82, 2.24) is 5.32 Å². The second kappa shape index (κ2) is 3.84. The highest BCUT2D eigenvalue weighted by atomic mass is 16.7. The maximum absolute atomic E-state index is 10.6. The lowest BCUT2D eigenvalue weighted by Gasteiger charge is -2.32. The van der Waals surface area contributed by atoms with Crippen molar-refractivity contribution in [3.05, 3.63) is 0 Å². The quantitative estimate of drug-likeness (QED) is 0.587. The van der Waals surface area contributed by atoms with Gasteiger partial charge >= 0.3 is 5.97 Å². The first kappa shape index (κ1) is 9.44. The molecule has 0 saturated carbocycles. The topological polar surface area (TPSA) is 67.8 Å². The molecule has 0 radical (unpaired) electrons. The number of carboxylic acid groups (broad SMARTS) is 1. The van der Waals surface area contributed by atoms with Crippen LogP contribution in [0.1, 0.15) is 6.92 Å². The summed E-state index contributed by atoms with van der Waals surface area (Å²) in [5.41, 5.74) is 0. The zero-order valence-electron chi connectivity index (χ0n) is 7.11. The van der Waals surface area contributed by atoms with Gasteiger partial charge in [-0.3, -0.25) is 10.1 Å². The van der Waals surface area contributed by atoms with Gasteiger partial charge < -0.3 is 14.6 Å². The monoisotopic (exact) mass is 175 g/mol. The van der Waals surface area contributed by atoms with Crippen LogP contribution in [0.2, 0.25) is 0 Å². The summed E-state index contributed by atoms with van der Waals surface area (Å²) in [6, 6.07) is -0.628. The zero-order valence-corrected chi connectivity index (χ0v) is 7.11. The van der Waals surface area contributed by atoms with E-state index < -0.39 is 12.0 Å². The van der Waals surface area contributed by atoms with Gasteiger partial charge in [0.15, 0.2) is 6.29 Å². The molecule has 1 rings (SSSR count). The van der Waals surface area contributed by atoms with Crippen LogP contribution in [0.5, 0.6) is 0 Å². The average Bonchev–Trinajstić information content (AvgIpc) is 2.03. The number of morpholine rings is 1. The summed E-state index contributed by atoms with van der Waals surface area (Å²) in [5, 5.41) is 11.5. The Hall–Kier alpha value is -0.650. The standard InChI is InChI=1S/C7H13NO4/c1-4-6(7(9)10)8-3-5(11-2)12-4/h4-6,8H,3H2,1-2H3,(H,9,10)/t4-,5+,6+/m1/s1. The minimum absolute atomic E-state index is 0.337. The molecule has 0 bridgehead atoms. The summed E-state index contributed by atoms with van der Waals surface area (Å²) in [6.07, 6.45) is -0.697. The van der Waals surface area contributed by atoms with E-state index in [2.05, 4.69) is 5.32 Å². The normalized spacial score (nSPS) is 36.3. The molecule has 70 valence electrons. The molecular formula is C7H13NO4. The number of aliphatic carboxylic acids is 1. The average molecular weight is 175 g/mol. The number of rotatable bonds is 2. The Kier molecular flexibility index (Phi) is 3.02. The van der Waals surface area contributed by atoms with Gasteiger partial charge in [0, 0.05) is 13.7 Å². The molecule has 0 aliphatic carbocycles. The number of nitrogens with one attached hydrogen (secondary N) is 1. The molecule has 0 aromatic carbocycles. The van der Waals surface area contributed by atoms with E-state index in [1.54, 1.807) is 6.92 Å². The third-order valence-corrected chi connectivity index (χ3v) is 1.87. The van der Waals surface area contributed by atoms with Gasteiger partial charge in [0.25, 0.3) is 0 Å². The summed E-state index contributed by atoms with van der Waals surface area (Å²) in [7, 11) is 1.53. The highest BCUT2D eigenvalue weighted by Crippen LogP contribution is 2.09. The Balaban J connectivity index is 2.47. The summed E-state index contributed by atoms with van der Waals surface area (Å²) < 4.78 is 10.2. The van der Waals surface area contributed by atoms with Gasteiger partial charge in [-0.2, -0.15) is 0 Å². The van der Waals surface area contributed by atoms with Crippen molar-refractivity contribution in [1.29, 1.82) is 0 Å². The van der Waals surface area contributed by atoms with E-state index in [-0.39, 0.29) is 12.4 Å². The molecule has 0 unspecified atom stereocenters. The Morgan fingerprint density at radius 2 is 2.42 bits per heavy atom. The molecule has 1 fully saturated rings. The predicted molar refractivity (Wildman–Crippen MR) is 40.8 cm³/mol. The number of hydrogen-bond donors (Lipinski definition) is 2. The van der Waals surface area contributed by atoms with Crippen LogP contribution >= 0.6 is 0 Å². The van der Waals surface area contributed by atoms with Crippen LogP contribution in [0, 0.1) is 0 Å². The highest BCUT2D eigenvalue weighted by Gasteiger charge is 2.32. The van der Waals surface area contributed by atoms with Crippen molar-refractivity contribution in [2.24, 2.45) is 0 Å². The summed E-state index contributed by atoms with van der Waals surface area (Å²) in [6.45, 7) is 2.12. The lowest BCUT2D eigenvalue weighted by Crippen LogP contribution is -2.55. The largest absolute Gasteiger partial charge is 0.480 e. The summed E-state index contributed by atoms with van der Waals surface area (Å²) in [4.78, 5) is 10.6. The molecule has 3 atom stereocenters. The Labute approximate surface area is 70.7 Å². The minimum Gasteiger partial charge on any atom is -0.480 e. The van der Waals surface area contributed by atoms with Crippen molar-refractivity contribution in [2.75, 3.05) is 13.7 Å². The Morgan fingerprint density at radius 1 is 1.75 bits per heavy atom. The van der Waals surface area contributed by atoms with Crippen molar-refractivity contribution in [2.45, 2.75) is 25.4 Å². The molecule has 1 aliphatic heterocycles. The molecule has 12 heavy (non-hydrogen) atoms. The molecular weight excluding hydrogens is 162 g/mol. The Bertz CT molecular complexity index is 173. The van der Waals surface area contributed by atoms with Crippen molar-refractivity contribution < 1.29 is 19.4 Å². The van der Waals surface area contributed by atoms with Gasteiger partial charge in [0.1, 0.15) is 6.04 Å². The molecule has 0 spiro atoms. The molecule has 0 aromatic heterocycles. The maximum Gasteiger partial charge on any atom is 0.323 e. The van der Waals surface area contributed by atoms with Gasteiger partial charge in [-0.05, 0) is 6.92 Å². The van der Waals surface area contributed by atoms with E-state index >= 15 is 0 Å². The van der Waals surface area contributed by atoms with Crippen LogP contribution in [0.25, 0.3) is 0 Å². The molecule has 0 aromatic rings. The smallest absolute Gasteiger partial charge is 0.323 e. The zero-order chi connectivity index (χ0) is 9.14. The lowest BCUT2D eigenvalue weighted by molar-refractivity contribution is -0.186. The van der Waals surface area contributed by atoms with Crippen LogP contribution in [0.3, 0.4) is 0 Å². The van der Waals surface area contributed by atoms with Crippen molar-refractivity contribution in [3.8, 4) is 0 Å². The lowest BCUT2D eigenvalue weighted by atomic mass is 10.1. The van der Waals surface area contributed by atoms with Gasteiger partial charge in [-0.1, -0.05) is 0 Å². The highest BCUT2D eigenvalue weighted by molar-refractivity contribution is 5.74. The molecule has 1 saturated heterocycles. The summed E-state index contributed by atoms with van der Waals surface area (Å²) >= 11 is 0. The second-order valence-corrected chi connectivity index (χ2v) is 2.73. The van der Waals surface area contributed by atoms with Crippen LogP contribution in [-0.2, 0) is 14.3 Å².